The van der Waals surface area contributed by atoms with E-state index in [1.807, 2.05) is 0 Å². The fourth-order valence-electron chi connectivity index (χ4n) is 7.83. The zero-order valence-corrected chi connectivity index (χ0v) is 25.6. The molecule has 0 aliphatic carbocycles. The van der Waals surface area contributed by atoms with E-state index < -0.39 is 0 Å². The Morgan fingerprint density at radius 2 is 0.830 bits per heavy atom. The van der Waals surface area contributed by atoms with Crippen molar-refractivity contribution in [2.75, 3.05) is 0 Å². The van der Waals surface area contributed by atoms with Gasteiger partial charge in [0.2, 0.25) is 0 Å². The first-order valence-corrected chi connectivity index (χ1v) is 16.2. The molecule has 10 aromatic rings. The van der Waals surface area contributed by atoms with Crippen LogP contribution in [0.2, 0.25) is 0 Å². The lowest BCUT2D eigenvalue weighted by Crippen LogP contribution is -1.93. The predicted octanol–water partition coefficient (Wildman–Crippen LogP) is 13.2. The summed E-state index contributed by atoms with van der Waals surface area (Å²) in [6.07, 6.45) is 0. The molecule has 47 heavy (non-hydrogen) atoms. The first-order valence-electron chi connectivity index (χ1n) is 16.2. The van der Waals surface area contributed by atoms with Gasteiger partial charge in [0.15, 0.2) is 0 Å². The lowest BCUT2D eigenvalue weighted by molar-refractivity contribution is 0.669. The molecule has 0 atom stereocenters. The lowest BCUT2D eigenvalue weighted by Gasteiger charge is -2.21. The molecule has 0 N–H and O–H groups in total. The monoisotopic (exact) mass is 596 g/mol. The molecule has 1 aromatic heterocycles. The molecule has 0 radical (unpaired) electrons. The molecule has 10 rings (SSSR count). The van der Waals surface area contributed by atoms with Crippen molar-refractivity contribution < 1.29 is 4.42 Å². The van der Waals surface area contributed by atoms with E-state index in [9.17, 15) is 0 Å². The van der Waals surface area contributed by atoms with E-state index in [0.29, 0.717) is 0 Å². The molecule has 0 unspecified atom stereocenters. The van der Waals surface area contributed by atoms with Crippen LogP contribution in [-0.4, -0.2) is 0 Å². The Morgan fingerprint density at radius 3 is 1.53 bits per heavy atom. The highest BCUT2D eigenvalue weighted by atomic mass is 16.3. The van der Waals surface area contributed by atoms with Crippen LogP contribution < -0.4 is 0 Å². The van der Waals surface area contributed by atoms with Crippen molar-refractivity contribution in [3.05, 3.63) is 170 Å². The smallest absolute Gasteiger partial charge is 0.136 e. The van der Waals surface area contributed by atoms with E-state index in [0.717, 1.165) is 16.6 Å². The Labute approximate surface area is 271 Å². The quantitative estimate of drug-likeness (QED) is 0.185. The molecule has 0 fully saturated rings. The number of benzene rings is 9. The van der Waals surface area contributed by atoms with E-state index in [4.69, 9.17) is 4.42 Å². The summed E-state index contributed by atoms with van der Waals surface area (Å²) in [5, 5.41) is 12.2. The van der Waals surface area contributed by atoms with E-state index >= 15 is 0 Å². The first-order chi connectivity index (χ1) is 23.3. The van der Waals surface area contributed by atoms with Crippen LogP contribution in [0.1, 0.15) is 0 Å². The number of fused-ring (bicyclic) bond motifs is 8. The van der Waals surface area contributed by atoms with Gasteiger partial charge in [-0.3, -0.25) is 0 Å². The Morgan fingerprint density at radius 1 is 0.298 bits per heavy atom. The summed E-state index contributed by atoms with van der Waals surface area (Å²) in [5.74, 6) is 0. The number of furan rings is 1. The summed E-state index contributed by atoms with van der Waals surface area (Å²) in [7, 11) is 0. The molecular weight excluding hydrogens is 569 g/mol. The zero-order valence-electron chi connectivity index (χ0n) is 25.6. The van der Waals surface area contributed by atoms with Crippen LogP contribution in [0, 0.1) is 0 Å². The molecule has 1 heterocycles. The summed E-state index contributed by atoms with van der Waals surface area (Å²) in [5.41, 5.74) is 9.28. The van der Waals surface area contributed by atoms with E-state index in [2.05, 4.69) is 170 Å². The van der Waals surface area contributed by atoms with Crippen molar-refractivity contribution in [2.24, 2.45) is 0 Å². The van der Waals surface area contributed by atoms with Gasteiger partial charge in [0.25, 0.3) is 0 Å². The van der Waals surface area contributed by atoms with Crippen LogP contribution in [-0.2, 0) is 0 Å². The largest absolute Gasteiger partial charge is 0.456 e. The van der Waals surface area contributed by atoms with Crippen molar-refractivity contribution in [2.45, 2.75) is 0 Å². The summed E-state index contributed by atoms with van der Waals surface area (Å²) >= 11 is 0. The molecule has 0 aliphatic rings. The third-order valence-corrected chi connectivity index (χ3v) is 9.84. The SMILES string of the molecule is c1ccc(-c2c(-c3c4ccccc4c(-c4ccc5oc6ccc7ccccc7c6c5c4)c4ccccc34)ccc3ccccc23)cc1. The van der Waals surface area contributed by atoms with Crippen LogP contribution >= 0.6 is 0 Å². The van der Waals surface area contributed by atoms with Gasteiger partial charge in [-0.05, 0) is 94.7 Å². The highest BCUT2D eigenvalue weighted by Gasteiger charge is 2.21. The van der Waals surface area contributed by atoms with Crippen LogP contribution in [0.5, 0.6) is 0 Å². The third-order valence-electron chi connectivity index (χ3n) is 9.84. The lowest BCUT2D eigenvalue weighted by atomic mass is 9.82. The maximum atomic E-state index is 6.39. The van der Waals surface area contributed by atoms with E-state index in [-0.39, 0.29) is 0 Å². The molecule has 1 nitrogen and oxygen atoms in total. The summed E-state index contributed by atoms with van der Waals surface area (Å²) < 4.78 is 6.39. The van der Waals surface area contributed by atoms with Gasteiger partial charge in [-0.1, -0.05) is 152 Å². The van der Waals surface area contributed by atoms with Crippen molar-refractivity contribution in [3.63, 3.8) is 0 Å². The number of rotatable bonds is 3. The van der Waals surface area contributed by atoms with Crippen molar-refractivity contribution in [3.8, 4) is 33.4 Å². The van der Waals surface area contributed by atoms with E-state index in [1.54, 1.807) is 0 Å². The summed E-state index contributed by atoms with van der Waals surface area (Å²) in [6, 6.07) is 61.6. The molecule has 218 valence electrons. The topological polar surface area (TPSA) is 13.1 Å². The average Bonchev–Trinajstić information content (AvgIpc) is 3.52. The number of hydrogen-bond acceptors (Lipinski definition) is 1. The maximum Gasteiger partial charge on any atom is 0.136 e. The molecule has 0 saturated heterocycles. The van der Waals surface area contributed by atoms with Gasteiger partial charge in [-0.25, -0.2) is 0 Å². The minimum absolute atomic E-state index is 0.911. The summed E-state index contributed by atoms with van der Waals surface area (Å²) in [6.45, 7) is 0. The molecular formula is C46H28O. The van der Waals surface area contributed by atoms with Crippen molar-refractivity contribution in [1.29, 1.82) is 0 Å². The standard InChI is InChI=1S/C46H28O/c1-2-14-31(15-3-1)43-33-16-6-4-12-29(33)22-25-39(43)45-37-20-10-8-18-35(37)44(36-19-9-11-21-38(36)45)32-24-26-41-40(28-32)46-34-17-7-5-13-30(34)23-27-42(46)47-41/h1-28H. The Bertz CT molecular complexity index is 2780. The zero-order chi connectivity index (χ0) is 30.9. The van der Waals surface area contributed by atoms with Crippen LogP contribution in [0.25, 0.3) is 98.4 Å². The van der Waals surface area contributed by atoms with Crippen LogP contribution in [0.4, 0.5) is 0 Å². The Balaban J connectivity index is 1.32. The van der Waals surface area contributed by atoms with Gasteiger partial charge in [0.05, 0.1) is 0 Å². The Hall–Kier alpha value is -6.18. The minimum atomic E-state index is 0.911. The third kappa shape index (κ3) is 3.90. The van der Waals surface area contributed by atoms with Gasteiger partial charge in [0.1, 0.15) is 11.2 Å². The van der Waals surface area contributed by atoms with Gasteiger partial charge < -0.3 is 4.42 Å². The second-order valence-corrected chi connectivity index (χ2v) is 12.4. The van der Waals surface area contributed by atoms with Crippen LogP contribution in [0.15, 0.2) is 174 Å². The second kappa shape index (κ2) is 10.2. The Kier molecular flexibility index (Phi) is 5.64. The minimum Gasteiger partial charge on any atom is -0.456 e. The predicted molar refractivity (Wildman–Crippen MR) is 200 cm³/mol. The summed E-state index contributed by atoms with van der Waals surface area (Å²) in [4.78, 5) is 0. The van der Waals surface area contributed by atoms with Gasteiger partial charge in [-0.15, -0.1) is 0 Å². The van der Waals surface area contributed by atoms with Crippen molar-refractivity contribution >= 4 is 65.0 Å². The second-order valence-electron chi connectivity index (χ2n) is 12.4. The van der Waals surface area contributed by atoms with Gasteiger partial charge in [0, 0.05) is 10.8 Å². The molecule has 9 aromatic carbocycles. The fraction of sp³-hybridized carbons (Fsp3) is 0. The molecule has 0 amide bonds. The number of hydrogen-bond donors (Lipinski definition) is 0. The maximum absolute atomic E-state index is 6.39. The highest BCUT2D eigenvalue weighted by Crippen LogP contribution is 2.48. The van der Waals surface area contributed by atoms with Gasteiger partial charge in [-0.2, -0.15) is 0 Å². The molecule has 1 heteroatoms. The molecule has 0 saturated carbocycles. The fourth-order valence-corrected chi connectivity index (χ4v) is 7.83. The highest BCUT2D eigenvalue weighted by molar-refractivity contribution is 6.25. The molecule has 0 aliphatic heterocycles. The van der Waals surface area contributed by atoms with Gasteiger partial charge >= 0.3 is 0 Å². The first kappa shape index (κ1) is 26.1. The molecule has 0 bridgehead atoms. The van der Waals surface area contributed by atoms with Crippen molar-refractivity contribution in [1.82, 2.24) is 0 Å². The van der Waals surface area contributed by atoms with Crippen LogP contribution in [0.3, 0.4) is 0 Å². The average molecular weight is 597 g/mol. The molecule has 0 spiro atoms. The normalized spacial score (nSPS) is 11.8. The van der Waals surface area contributed by atoms with E-state index in [1.165, 1.54) is 81.9 Å².